The van der Waals surface area contributed by atoms with Crippen molar-refractivity contribution in [3.63, 3.8) is 0 Å². The average molecular weight is 495 g/mol. The number of primary amides is 1. The summed E-state index contributed by atoms with van der Waals surface area (Å²) in [6.45, 7) is 5.35. The molecule has 0 saturated heterocycles. The lowest BCUT2D eigenvalue weighted by Gasteiger charge is -2.57. The molecule has 0 aliphatic heterocycles. The maximum absolute atomic E-state index is 13.1. The van der Waals surface area contributed by atoms with E-state index < -0.39 is 23.6 Å². The van der Waals surface area contributed by atoms with Gasteiger partial charge in [0.1, 0.15) is 23.3 Å². The van der Waals surface area contributed by atoms with Gasteiger partial charge in [-0.15, -0.1) is 0 Å². The van der Waals surface area contributed by atoms with Gasteiger partial charge in [0.25, 0.3) is 5.91 Å². The van der Waals surface area contributed by atoms with Crippen LogP contribution in [0.25, 0.3) is 0 Å². The molecule has 1 atom stereocenters. The van der Waals surface area contributed by atoms with Crippen LogP contribution in [0.3, 0.4) is 0 Å². The molecule has 4 rings (SSSR count). The fourth-order valence-electron chi connectivity index (χ4n) is 5.05. The van der Waals surface area contributed by atoms with Crippen molar-refractivity contribution in [3.05, 3.63) is 59.8 Å². The van der Waals surface area contributed by atoms with E-state index in [9.17, 15) is 14.4 Å². The Morgan fingerprint density at radius 2 is 1.78 bits per heavy atom. The van der Waals surface area contributed by atoms with Gasteiger partial charge in [-0.2, -0.15) is 0 Å². The SMILES string of the molecule is CC(C)(C)OC(=O)N[C@@H](Cc1ccccc1)C(=O)NC1CC2(C1)CC(Oc1ncccc1C(N)=O)C2. The van der Waals surface area contributed by atoms with Gasteiger partial charge in [0.2, 0.25) is 11.8 Å². The van der Waals surface area contributed by atoms with E-state index in [-0.39, 0.29) is 34.9 Å². The molecule has 192 valence electrons. The van der Waals surface area contributed by atoms with E-state index in [1.165, 1.54) is 0 Å². The van der Waals surface area contributed by atoms with E-state index in [1.54, 1.807) is 39.1 Å². The second-order valence-electron chi connectivity index (χ2n) is 10.9. The third kappa shape index (κ3) is 6.33. The standard InChI is InChI=1S/C27H34N4O5/c1-26(2,3)36-25(34)31-21(12-17-8-5-4-6-9-17)23(33)30-18-13-27(14-18)15-19(16-27)35-24-20(22(28)32)10-7-11-29-24/h4-11,18-19,21H,12-16H2,1-3H3,(H2,28,32)(H,30,33)(H,31,34)/t18?,19?,21-,27?/m0/s1. The summed E-state index contributed by atoms with van der Waals surface area (Å²) in [5.41, 5.74) is 6.09. The summed E-state index contributed by atoms with van der Waals surface area (Å²) in [5.74, 6) is -0.522. The number of carbonyl (C=O) groups is 3. The maximum Gasteiger partial charge on any atom is 0.408 e. The highest BCUT2D eigenvalue weighted by atomic mass is 16.6. The zero-order chi connectivity index (χ0) is 25.9. The van der Waals surface area contributed by atoms with Gasteiger partial charge in [0.15, 0.2) is 0 Å². The Morgan fingerprint density at radius 1 is 1.08 bits per heavy atom. The molecule has 9 nitrogen and oxygen atoms in total. The largest absolute Gasteiger partial charge is 0.474 e. The first-order valence-corrected chi connectivity index (χ1v) is 12.3. The molecule has 3 amide bonds. The Bertz CT molecular complexity index is 1100. The number of rotatable bonds is 8. The fraction of sp³-hybridized carbons (Fsp3) is 0.481. The zero-order valence-electron chi connectivity index (χ0n) is 21.0. The Morgan fingerprint density at radius 3 is 2.42 bits per heavy atom. The number of aromatic nitrogens is 1. The first-order valence-electron chi connectivity index (χ1n) is 12.3. The molecule has 2 aromatic rings. The molecular weight excluding hydrogens is 460 g/mol. The molecule has 1 aromatic carbocycles. The highest BCUT2D eigenvalue weighted by Crippen LogP contribution is 2.56. The lowest BCUT2D eigenvalue weighted by atomic mass is 9.53. The van der Waals surface area contributed by atoms with Gasteiger partial charge in [0.05, 0.1) is 0 Å². The maximum atomic E-state index is 13.1. The predicted molar refractivity (Wildman–Crippen MR) is 133 cm³/mol. The third-order valence-electron chi connectivity index (χ3n) is 6.63. The number of amides is 3. The molecule has 9 heteroatoms. The van der Waals surface area contributed by atoms with Crippen LogP contribution in [0.4, 0.5) is 4.79 Å². The first kappa shape index (κ1) is 25.5. The Balaban J connectivity index is 1.29. The van der Waals surface area contributed by atoms with Crippen LogP contribution in [0.5, 0.6) is 5.88 Å². The van der Waals surface area contributed by atoms with Crippen molar-refractivity contribution in [1.82, 2.24) is 15.6 Å². The summed E-state index contributed by atoms with van der Waals surface area (Å²) in [7, 11) is 0. The monoisotopic (exact) mass is 494 g/mol. The minimum atomic E-state index is -0.743. The summed E-state index contributed by atoms with van der Waals surface area (Å²) in [5, 5.41) is 5.83. The van der Waals surface area contributed by atoms with Crippen molar-refractivity contribution < 1.29 is 23.9 Å². The van der Waals surface area contributed by atoms with Gasteiger partial charge in [-0.05, 0) is 69.6 Å². The van der Waals surface area contributed by atoms with Gasteiger partial charge in [-0.1, -0.05) is 30.3 Å². The topological polar surface area (TPSA) is 133 Å². The van der Waals surface area contributed by atoms with E-state index in [0.29, 0.717) is 6.42 Å². The number of nitrogens with zero attached hydrogens (tertiary/aromatic N) is 1. The lowest BCUT2D eigenvalue weighted by molar-refractivity contribution is -0.129. The number of hydrogen-bond acceptors (Lipinski definition) is 6. The van der Waals surface area contributed by atoms with E-state index >= 15 is 0 Å². The molecule has 2 fully saturated rings. The van der Waals surface area contributed by atoms with Crippen LogP contribution < -0.4 is 21.1 Å². The third-order valence-corrected chi connectivity index (χ3v) is 6.63. The minimum Gasteiger partial charge on any atom is -0.474 e. The molecule has 36 heavy (non-hydrogen) atoms. The van der Waals surface area contributed by atoms with Crippen molar-refractivity contribution in [3.8, 4) is 5.88 Å². The molecule has 2 aliphatic carbocycles. The van der Waals surface area contributed by atoms with Crippen molar-refractivity contribution in [1.29, 1.82) is 0 Å². The van der Waals surface area contributed by atoms with E-state index in [1.807, 2.05) is 30.3 Å². The van der Waals surface area contributed by atoms with Crippen molar-refractivity contribution in [2.75, 3.05) is 0 Å². The second-order valence-corrected chi connectivity index (χ2v) is 10.9. The van der Waals surface area contributed by atoms with Crippen LogP contribution in [0.1, 0.15) is 62.4 Å². The number of nitrogens with two attached hydrogens (primary N) is 1. The number of hydrogen-bond donors (Lipinski definition) is 3. The molecule has 0 unspecified atom stereocenters. The molecule has 0 bridgehead atoms. The van der Waals surface area contributed by atoms with Gasteiger partial charge in [-0.3, -0.25) is 9.59 Å². The van der Waals surface area contributed by atoms with E-state index in [2.05, 4.69) is 15.6 Å². The van der Waals surface area contributed by atoms with Crippen LogP contribution in [-0.2, 0) is 16.0 Å². The Kier molecular flexibility index (Phi) is 7.19. The minimum absolute atomic E-state index is 0.0330. The van der Waals surface area contributed by atoms with E-state index in [0.717, 1.165) is 31.2 Å². The molecule has 4 N–H and O–H groups in total. The molecule has 1 heterocycles. The summed E-state index contributed by atoms with van der Waals surface area (Å²) in [6.07, 6.45) is 4.63. The first-order chi connectivity index (χ1) is 17.0. The van der Waals surface area contributed by atoms with Crippen LogP contribution in [0, 0.1) is 5.41 Å². The van der Waals surface area contributed by atoms with Crippen molar-refractivity contribution in [2.24, 2.45) is 11.1 Å². The number of ether oxygens (including phenoxy) is 2. The van der Waals surface area contributed by atoms with Crippen LogP contribution in [0.15, 0.2) is 48.7 Å². The predicted octanol–water partition coefficient (Wildman–Crippen LogP) is 3.12. The summed E-state index contributed by atoms with van der Waals surface area (Å²) in [6, 6.07) is 12.1. The highest BCUT2D eigenvalue weighted by molar-refractivity contribution is 5.94. The number of alkyl carbamates (subject to hydrolysis) is 1. The molecule has 1 aromatic heterocycles. The van der Waals surface area contributed by atoms with Gasteiger partial charge >= 0.3 is 6.09 Å². The summed E-state index contributed by atoms with van der Waals surface area (Å²) in [4.78, 5) is 41.2. The number of pyridine rings is 1. The lowest BCUT2D eigenvalue weighted by Crippen LogP contribution is -2.61. The van der Waals surface area contributed by atoms with Crippen LogP contribution in [0.2, 0.25) is 0 Å². The Labute approximate surface area is 211 Å². The molecule has 2 aliphatic rings. The molecule has 2 saturated carbocycles. The van der Waals surface area contributed by atoms with Gasteiger partial charge < -0.3 is 25.8 Å². The summed E-state index contributed by atoms with van der Waals surface area (Å²) < 4.78 is 11.3. The average Bonchev–Trinajstić information content (AvgIpc) is 2.75. The van der Waals surface area contributed by atoms with Crippen molar-refractivity contribution in [2.45, 2.75) is 76.7 Å². The number of carbonyl (C=O) groups excluding carboxylic acids is 3. The van der Waals surface area contributed by atoms with Crippen LogP contribution in [-0.4, -0.2) is 46.7 Å². The van der Waals surface area contributed by atoms with Crippen LogP contribution >= 0.6 is 0 Å². The van der Waals surface area contributed by atoms with Gasteiger partial charge in [-0.25, -0.2) is 9.78 Å². The van der Waals surface area contributed by atoms with Gasteiger partial charge in [0, 0.05) is 18.7 Å². The fourth-order valence-corrected chi connectivity index (χ4v) is 5.05. The second kappa shape index (κ2) is 10.2. The zero-order valence-corrected chi connectivity index (χ0v) is 21.0. The summed E-state index contributed by atoms with van der Waals surface area (Å²) >= 11 is 0. The Hall–Kier alpha value is -3.62. The van der Waals surface area contributed by atoms with Crippen molar-refractivity contribution >= 4 is 17.9 Å². The number of benzene rings is 1. The number of nitrogens with one attached hydrogen (secondary N) is 2. The van der Waals surface area contributed by atoms with E-state index in [4.69, 9.17) is 15.2 Å². The molecular formula is C27H34N4O5. The normalized spacial score (nSPS) is 23.5. The smallest absolute Gasteiger partial charge is 0.408 e. The molecule has 1 spiro atoms. The highest BCUT2D eigenvalue weighted by Gasteiger charge is 2.54. The molecule has 0 radical (unpaired) electrons. The quantitative estimate of drug-likeness (QED) is 0.516.